The summed E-state index contributed by atoms with van der Waals surface area (Å²) < 4.78 is 0. The maximum Gasteiger partial charge on any atom is 0.251 e. The molecule has 0 spiro atoms. The number of anilines is 1. The first-order chi connectivity index (χ1) is 12.9. The zero-order valence-corrected chi connectivity index (χ0v) is 16.3. The summed E-state index contributed by atoms with van der Waals surface area (Å²) in [5.74, 6) is -0.231. The lowest BCUT2D eigenvalue weighted by Gasteiger charge is -2.36. The number of hydrogen-bond acceptors (Lipinski definition) is 3. The predicted molar refractivity (Wildman–Crippen MR) is 108 cm³/mol. The molecule has 0 aliphatic carbocycles. The summed E-state index contributed by atoms with van der Waals surface area (Å²) in [5.41, 5.74) is 5.12. The molecule has 0 radical (unpaired) electrons. The van der Waals surface area contributed by atoms with Crippen molar-refractivity contribution in [3.63, 3.8) is 0 Å². The molecular weight excluding hydrogens is 338 g/mol. The van der Waals surface area contributed by atoms with Gasteiger partial charge in [0.2, 0.25) is 5.91 Å². The molecule has 0 saturated carbocycles. The summed E-state index contributed by atoms with van der Waals surface area (Å²) in [6.07, 6.45) is 0. The van der Waals surface area contributed by atoms with Crippen molar-refractivity contribution in [1.29, 1.82) is 0 Å². The van der Waals surface area contributed by atoms with Crippen LogP contribution < -0.4 is 10.2 Å². The van der Waals surface area contributed by atoms with Gasteiger partial charge in [-0.15, -0.1) is 0 Å². The summed E-state index contributed by atoms with van der Waals surface area (Å²) in [6.45, 7) is 9.00. The van der Waals surface area contributed by atoms with E-state index in [9.17, 15) is 9.59 Å². The number of rotatable bonds is 4. The number of benzene rings is 2. The number of piperazine rings is 1. The third kappa shape index (κ3) is 4.88. The highest BCUT2D eigenvalue weighted by molar-refractivity contribution is 5.96. The van der Waals surface area contributed by atoms with Gasteiger partial charge in [0.05, 0.1) is 6.54 Å². The molecule has 0 bridgehead atoms. The number of nitrogens with zero attached hydrogens (tertiary/aromatic N) is 2. The fourth-order valence-electron chi connectivity index (χ4n) is 3.51. The fraction of sp³-hybridized carbons (Fsp3) is 0.364. The van der Waals surface area contributed by atoms with Gasteiger partial charge in [-0.3, -0.25) is 9.59 Å². The molecule has 142 valence electrons. The van der Waals surface area contributed by atoms with Gasteiger partial charge in [-0.2, -0.15) is 0 Å². The minimum absolute atomic E-state index is 0.0309. The van der Waals surface area contributed by atoms with Crippen molar-refractivity contribution < 1.29 is 9.59 Å². The van der Waals surface area contributed by atoms with Gasteiger partial charge in [-0.1, -0.05) is 29.3 Å². The molecule has 2 amide bonds. The van der Waals surface area contributed by atoms with Gasteiger partial charge in [-0.05, 0) is 50.6 Å². The first kappa shape index (κ1) is 19.0. The van der Waals surface area contributed by atoms with Gasteiger partial charge in [0.1, 0.15) is 0 Å². The van der Waals surface area contributed by atoms with Crippen LogP contribution in [-0.4, -0.2) is 49.4 Å². The lowest BCUT2D eigenvalue weighted by Crippen LogP contribution is -2.51. The summed E-state index contributed by atoms with van der Waals surface area (Å²) >= 11 is 0. The molecule has 1 fully saturated rings. The smallest absolute Gasteiger partial charge is 0.251 e. The molecule has 27 heavy (non-hydrogen) atoms. The van der Waals surface area contributed by atoms with Crippen molar-refractivity contribution in [1.82, 2.24) is 10.2 Å². The molecule has 3 rings (SSSR count). The van der Waals surface area contributed by atoms with Crippen LogP contribution in [0.1, 0.15) is 27.0 Å². The Morgan fingerprint density at radius 1 is 0.889 bits per heavy atom. The summed E-state index contributed by atoms with van der Waals surface area (Å²) in [5, 5.41) is 2.76. The van der Waals surface area contributed by atoms with Crippen molar-refractivity contribution in [2.75, 3.05) is 37.6 Å². The second-order valence-electron chi connectivity index (χ2n) is 7.27. The minimum atomic E-state index is -0.200. The van der Waals surface area contributed by atoms with Crippen molar-refractivity contribution in [2.24, 2.45) is 0 Å². The topological polar surface area (TPSA) is 52.7 Å². The van der Waals surface area contributed by atoms with Crippen LogP contribution >= 0.6 is 0 Å². The van der Waals surface area contributed by atoms with Crippen LogP contribution in [0.15, 0.2) is 42.5 Å². The highest BCUT2D eigenvalue weighted by Gasteiger charge is 2.21. The third-order valence-electron chi connectivity index (χ3n) is 4.88. The normalized spacial score (nSPS) is 14.2. The van der Waals surface area contributed by atoms with E-state index in [1.54, 1.807) is 0 Å². The Bertz CT molecular complexity index is 819. The molecular formula is C22H27N3O2. The van der Waals surface area contributed by atoms with E-state index in [1.165, 1.54) is 11.3 Å². The molecule has 5 nitrogen and oxygen atoms in total. The second kappa shape index (κ2) is 8.25. The Balaban J connectivity index is 1.50. The van der Waals surface area contributed by atoms with Crippen LogP contribution in [0.3, 0.4) is 0 Å². The Kier molecular flexibility index (Phi) is 5.79. The molecule has 2 aromatic rings. The fourth-order valence-corrected chi connectivity index (χ4v) is 3.51. The highest BCUT2D eigenvalue weighted by atomic mass is 16.2. The van der Waals surface area contributed by atoms with Crippen molar-refractivity contribution in [3.8, 4) is 0 Å². The van der Waals surface area contributed by atoms with E-state index in [4.69, 9.17) is 0 Å². The molecule has 0 aromatic heterocycles. The monoisotopic (exact) mass is 365 g/mol. The molecule has 1 aliphatic heterocycles. The van der Waals surface area contributed by atoms with Crippen molar-refractivity contribution in [3.05, 3.63) is 64.7 Å². The third-order valence-corrected chi connectivity index (χ3v) is 4.88. The first-order valence-corrected chi connectivity index (χ1v) is 9.38. The maximum absolute atomic E-state index is 12.5. The van der Waals surface area contributed by atoms with E-state index in [0.717, 1.165) is 24.2 Å². The average molecular weight is 365 g/mol. The van der Waals surface area contributed by atoms with E-state index in [1.807, 2.05) is 36.9 Å². The SMILES string of the molecule is Cc1cc(C)cc(C(=O)NCC(=O)N2CCN(c3cccc(C)c3)CC2)c1. The van der Waals surface area contributed by atoms with Crippen LogP contribution in [0.25, 0.3) is 0 Å². The Hall–Kier alpha value is -2.82. The Morgan fingerprint density at radius 3 is 2.19 bits per heavy atom. The second-order valence-corrected chi connectivity index (χ2v) is 7.27. The molecule has 1 saturated heterocycles. The van der Waals surface area contributed by atoms with Gasteiger partial charge in [-0.25, -0.2) is 0 Å². The number of aryl methyl sites for hydroxylation is 3. The quantitative estimate of drug-likeness (QED) is 0.906. The van der Waals surface area contributed by atoms with E-state index in [0.29, 0.717) is 18.7 Å². The van der Waals surface area contributed by atoms with Gasteiger partial charge in [0, 0.05) is 37.4 Å². The lowest BCUT2D eigenvalue weighted by molar-refractivity contribution is -0.130. The van der Waals surface area contributed by atoms with Gasteiger partial charge in [0.15, 0.2) is 0 Å². The first-order valence-electron chi connectivity index (χ1n) is 9.38. The van der Waals surface area contributed by atoms with Crippen LogP contribution in [-0.2, 0) is 4.79 Å². The molecule has 1 N–H and O–H groups in total. The van der Waals surface area contributed by atoms with Gasteiger partial charge >= 0.3 is 0 Å². The number of amides is 2. The Labute approximate surface area is 161 Å². The molecule has 5 heteroatoms. The zero-order valence-electron chi connectivity index (χ0n) is 16.3. The van der Waals surface area contributed by atoms with Crippen LogP contribution in [0.5, 0.6) is 0 Å². The summed E-state index contributed by atoms with van der Waals surface area (Å²) in [4.78, 5) is 28.9. The van der Waals surface area contributed by atoms with E-state index in [-0.39, 0.29) is 18.4 Å². The minimum Gasteiger partial charge on any atom is -0.368 e. The standard InChI is InChI=1S/C22H27N3O2/c1-16-5-4-6-20(14-16)24-7-9-25(10-8-24)21(26)15-23-22(27)19-12-17(2)11-18(3)13-19/h4-6,11-14H,7-10,15H2,1-3H3,(H,23,27). The summed E-state index contributed by atoms with van der Waals surface area (Å²) in [7, 11) is 0. The van der Waals surface area contributed by atoms with Gasteiger partial charge in [0.25, 0.3) is 5.91 Å². The average Bonchev–Trinajstić information content (AvgIpc) is 2.65. The van der Waals surface area contributed by atoms with Crippen LogP contribution in [0.4, 0.5) is 5.69 Å². The van der Waals surface area contributed by atoms with E-state index < -0.39 is 0 Å². The predicted octanol–water partition coefficient (Wildman–Crippen LogP) is 2.69. The van der Waals surface area contributed by atoms with E-state index in [2.05, 4.69) is 41.4 Å². The number of carbonyl (C=O) groups excluding carboxylic acids is 2. The molecule has 1 aliphatic rings. The largest absolute Gasteiger partial charge is 0.368 e. The van der Waals surface area contributed by atoms with Crippen molar-refractivity contribution in [2.45, 2.75) is 20.8 Å². The number of carbonyl (C=O) groups is 2. The Morgan fingerprint density at radius 2 is 1.56 bits per heavy atom. The lowest BCUT2D eigenvalue weighted by atomic mass is 10.1. The highest BCUT2D eigenvalue weighted by Crippen LogP contribution is 2.17. The number of hydrogen-bond donors (Lipinski definition) is 1. The molecule has 1 heterocycles. The van der Waals surface area contributed by atoms with Crippen molar-refractivity contribution >= 4 is 17.5 Å². The molecule has 2 aromatic carbocycles. The summed E-state index contributed by atoms with van der Waals surface area (Å²) in [6, 6.07) is 14.1. The zero-order chi connectivity index (χ0) is 19.4. The molecule has 0 unspecified atom stereocenters. The maximum atomic E-state index is 12.5. The molecule has 0 atom stereocenters. The van der Waals surface area contributed by atoms with Crippen LogP contribution in [0.2, 0.25) is 0 Å². The van der Waals surface area contributed by atoms with E-state index >= 15 is 0 Å². The van der Waals surface area contributed by atoms with Gasteiger partial charge < -0.3 is 15.1 Å². The number of nitrogens with one attached hydrogen (secondary N) is 1. The van der Waals surface area contributed by atoms with Crippen LogP contribution in [0, 0.1) is 20.8 Å².